The van der Waals surface area contributed by atoms with E-state index in [1.165, 1.54) is 0 Å². The third-order valence-electron chi connectivity index (χ3n) is 4.85. The summed E-state index contributed by atoms with van der Waals surface area (Å²) >= 11 is 0. The maximum Gasteiger partial charge on any atom is 0.414 e. The van der Waals surface area contributed by atoms with E-state index in [2.05, 4.69) is 12.1 Å². The van der Waals surface area contributed by atoms with E-state index in [9.17, 15) is 9.59 Å². The van der Waals surface area contributed by atoms with Crippen LogP contribution in [0.3, 0.4) is 0 Å². The summed E-state index contributed by atoms with van der Waals surface area (Å²) in [5.74, 6) is -0.491. The van der Waals surface area contributed by atoms with E-state index < -0.39 is 24.3 Å². The zero-order valence-corrected chi connectivity index (χ0v) is 17.5. The summed E-state index contributed by atoms with van der Waals surface area (Å²) in [5.41, 5.74) is 5.61. The second kappa shape index (κ2) is 9.99. The van der Waals surface area contributed by atoms with Gasteiger partial charge in [0.15, 0.2) is 6.10 Å². The van der Waals surface area contributed by atoms with Gasteiger partial charge in [-0.1, -0.05) is 31.7 Å². The molecule has 2 N–H and O–H groups in total. The van der Waals surface area contributed by atoms with E-state index in [1.54, 1.807) is 24.0 Å². The Hall–Kier alpha value is -3.52. The van der Waals surface area contributed by atoms with Crippen LogP contribution in [0.1, 0.15) is 24.5 Å². The number of carboxylic acid groups (broad SMARTS) is 1. The number of aliphatic carboxylic acids is 1. The standard InChI is InChI=1S/C23H26N2O6/c1-4-20(22(26)27)31-21-11-10-17(12-15(21)2)16(3)24-29-14-19-13-25(23(28)30-19)18-8-6-5-7-9-18/h5-12,19-20,24H,3-4,13-14H2,1-2H3,(H,26,27). The molecule has 2 unspecified atom stereocenters. The molecule has 0 aromatic heterocycles. The highest BCUT2D eigenvalue weighted by Crippen LogP contribution is 2.24. The Morgan fingerprint density at radius 1 is 1.32 bits per heavy atom. The van der Waals surface area contributed by atoms with Crippen LogP contribution >= 0.6 is 0 Å². The van der Waals surface area contributed by atoms with Gasteiger partial charge in [0.25, 0.3) is 0 Å². The predicted molar refractivity (Wildman–Crippen MR) is 116 cm³/mol. The number of ether oxygens (including phenoxy) is 2. The second-order valence-corrected chi connectivity index (χ2v) is 7.18. The van der Waals surface area contributed by atoms with Gasteiger partial charge < -0.3 is 14.6 Å². The molecule has 2 atom stereocenters. The summed E-state index contributed by atoms with van der Waals surface area (Å²) in [6.45, 7) is 8.09. The van der Waals surface area contributed by atoms with Crippen LogP contribution in [-0.2, 0) is 14.4 Å². The number of nitrogens with one attached hydrogen (secondary N) is 1. The minimum Gasteiger partial charge on any atom is -0.479 e. The van der Waals surface area contributed by atoms with E-state index in [4.69, 9.17) is 19.4 Å². The number of hydrogen-bond donors (Lipinski definition) is 2. The number of carboxylic acids is 1. The number of rotatable bonds is 10. The summed E-state index contributed by atoms with van der Waals surface area (Å²) < 4.78 is 10.9. The fourth-order valence-electron chi connectivity index (χ4n) is 3.14. The molecular weight excluding hydrogens is 400 g/mol. The molecule has 0 bridgehead atoms. The van der Waals surface area contributed by atoms with Crippen molar-refractivity contribution < 1.29 is 29.0 Å². The SMILES string of the molecule is C=C(NOCC1CN(c2ccccc2)C(=O)O1)c1ccc(OC(CC)C(=O)O)c(C)c1. The monoisotopic (exact) mass is 426 g/mol. The number of aryl methyl sites for hydroxylation is 1. The lowest BCUT2D eigenvalue weighted by atomic mass is 10.1. The average molecular weight is 426 g/mol. The van der Waals surface area contributed by atoms with Crippen molar-refractivity contribution in [3.63, 3.8) is 0 Å². The van der Waals surface area contributed by atoms with Gasteiger partial charge in [-0.25, -0.2) is 9.59 Å². The molecule has 3 rings (SSSR count). The first kappa shape index (κ1) is 22.2. The summed E-state index contributed by atoms with van der Waals surface area (Å²) in [7, 11) is 0. The van der Waals surface area contributed by atoms with Crippen molar-refractivity contribution in [2.45, 2.75) is 32.5 Å². The number of nitrogens with zero attached hydrogens (tertiary/aromatic N) is 1. The Morgan fingerprint density at radius 2 is 2.06 bits per heavy atom. The van der Waals surface area contributed by atoms with Crippen LogP contribution in [0, 0.1) is 6.92 Å². The third kappa shape index (κ3) is 5.55. The van der Waals surface area contributed by atoms with E-state index in [1.807, 2.05) is 43.3 Å². The van der Waals surface area contributed by atoms with Gasteiger partial charge in [-0.3, -0.25) is 15.2 Å². The topological polar surface area (TPSA) is 97.3 Å². The molecule has 0 spiro atoms. The lowest BCUT2D eigenvalue weighted by molar-refractivity contribution is -0.145. The summed E-state index contributed by atoms with van der Waals surface area (Å²) in [5, 5.41) is 9.15. The first-order valence-electron chi connectivity index (χ1n) is 9.99. The van der Waals surface area contributed by atoms with Crippen molar-refractivity contribution >= 4 is 23.4 Å². The molecule has 164 valence electrons. The Labute approximate surface area is 181 Å². The van der Waals surface area contributed by atoms with Crippen molar-refractivity contribution in [3.05, 3.63) is 66.2 Å². The number of para-hydroxylation sites is 1. The van der Waals surface area contributed by atoms with Gasteiger partial charge in [-0.15, -0.1) is 0 Å². The van der Waals surface area contributed by atoms with Crippen molar-refractivity contribution in [2.24, 2.45) is 0 Å². The Balaban J connectivity index is 1.50. The van der Waals surface area contributed by atoms with E-state index in [0.717, 1.165) is 16.8 Å². The van der Waals surface area contributed by atoms with Crippen molar-refractivity contribution in [1.29, 1.82) is 0 Å². The highest BCUT2D eigenvalue weighted by Gasteiger charge is 2.32. The maximum absolute atomic E-state index is 12.1. The first-order chi connectivity index (χ1) is 14.9. The molecule has 8 nitrogen and oxygen atoms in total. The first-order valence-corrected chi connectivity index (χ1v) is 9.99. The normalized spacial score (nSPS) is 16.5. The highest BCUT2D eigenvalue weighted by atomic mass is 16.7. The number of hydrogen-bond acceptors (Lipinski definition) is 6. The van der Waals surface area contributed by atoms with Crippen LogP contribution in [0.25, 0.3) is 5.70 Å². The Morgan fingerprint density at radius 3 is 2.71 bits per heavy atom. The average Bonchev–Trinajstić information content (AvgIpc) is 3.13. The molecule has 2 aromatic carbocycles. The van der Waals surface area contributed by atoms with Gasteiger partial charge in [0.1, 0.15) is 18.5 Å². The van der Waals surface area contributed by atoms with E-state index in [-0.39, 0.29) is 6.61 Å². The van der Waals surface area contributed by atoms with Crippen molar-refractivity contribution in [3.8, 4) is 5.75 Å². The van der Waals surface area contributed by atoms with Crippen LogP contribution in [0.2, 0.25) is 0 Å². The molecule has 1 aliphatic rings. The number of carbonyl (C=O) groups excluding carboxylic acids is 1. The van der Waals surface area contributed by atoms with Gasteiger partial charge in [-0.05, 0) is 54.8 Å². The molecule has 1 fully saturated rings. The van der Waals surface area contributed by atoms with E-state index in [0.29, 0.717) is 24.4 Å². The minimum absolute atomic E-state index is 0.158. The number of cyclic esters (lactones) is 1. The van der Waals surface area contributed by atoms with Crippen LogP contribution in [0.15, 0.2) is 55.1 Å². The molecule has 1 heterocycles. The second-order valence-electron chi connectivity index (χ2n) is 7.18. The van der Waals surface area contributed by atoms with Crippen LogP contribution in [0.4, 0.5) is 10.5 Å². The quantitative estimate of drug-likeness (QED) is 0.559. The van der Waals surface area contributed by atoms with Gasteiger partial charge >= 0.3 is 12.1 Å². The summed E-state index contributed by atoms with van der Waals surface area (Å²) in [6.07, 6.45) is -1.34. The van der Waals surface area contributed by atoms with Gasteiger partial charge in [0.2, 0.25) is 0 Å². The molecule has 8 heteroatoms. The molecule has 1 aliphatic heterocycles. The lowest BCUT2D eigenvalue weighted by Crippen LogP contribution is -2.27. The van der Waals surface area contributed by atoms with Gasteiger partial charge in [0.05, 0.1) is 12.2 Å². The van der Waals surface area contributed by atoms with Gasteiger partial charge in [-0.2, -0.15) is 0 Å². The van der Waals surface area contributed by atoms with Gasteiger partial charge in [0, 0.05) is 5.69 Å². The number of anilines is 1. The van der Waals surface area contributed by atoms with Crippen LogP contribution < -0.4 is 15.1 Å². The number of hydroxylamine groups is 1. The number of carbonyl (C=O) groups is 2. The van der Waals surface area contributed by atoms with E-state index >= 15 is 0 Å². The largest absolute Gasteiger partial charge is 0.479 e. The molecule has 31 heavy (non-hydrogen) atoms. The third-order valence-corrected chi connectivity index (χ3v) is 4.85. The Kier molecular flexibility index (Phi) is 7.15. The number of benzene rings is 2. The molecule has 0 aliphatic carbocycles. The molecule has 1 saturated heterocycles. The van der Waals surface area contributed by atoms with Crippen molar-refractivity contribution in [2.75, 3.05) is 18.1 Å². The molecule has 0 radical (unpaired) electrons. The zero-order valence-electron chi connectivity index (χ0n) is 17.5. The van der Waals surface area contributed by atoms with Crippen LogP contribution in [-0.4, -0.2) is 42.5 Å². The molecule has 0 saturated carbocycles. The molecule has 1 amide bonds. The molecule has 2 aromatic rings. The Bertz CT molecular complexity index is 946. The molecular formula is C23H26N2O6. The maximum atomic E-state index is 12.1. The smallest absolute Gasteiger partial charge is 0.414 e. The van der Waals surface area contributed by atoms with Crippen LogP contribution in [0.5, 0.6) is 5.75 Å². The number of amides is 1. The lowest BCUT2D eigenvalue weighted by Gasteiger charge is -2.17. The zero-order chi connectivity index (χ0) is 22.4. The fourth-order valence-corrected chi connectivity index (χ4v) is 3.14. The minimum atomic E-state index is -0.996. The van der Waals surface area contributed by atoms with Crippen molar-refractivity contribution in [1.82, 2.24) is 5.48 Å². The summed E-state index contributed by atoms with van der Waals surface area (Å²) in [6, 6.07) is 14.6. The highest BCUT2D eigenvalue weighted by molar-refractivity contribution is 5.89. The predicted octanol–water partition coefficient (Wildman–Crippen LogP) is 3.75. The summed E-state index contributed by atoms with van der Waals surface area (Å²) in [4.78, 5) is 30.3. The fraction of sp³-hybridized carbons (Fsp3) is 0.304.